The minimum atomic E-state index is -0.418. The van der Waals surface area contributed by atoms with Crippen molar-refractivity contribution in [2.24, 2.45) is 0 Å². The smallest absolute Gasteiger partial charge is 0.312 e. The van der Waals surface area contributed by atoms with Crippen molar-refractivity contribution in [1.82, 2.24) is 9.55 Å². The Kier molecular flexibility index (Phi) is 6.24. The number of halogens is 1. The van der Waals surface area contributed by atoms with E-state index in [0.29, 0.717) is 23.3 Å². The first-order chi connectivity index (χ1) is 13.1. The maximum atomic E-state index is 12.5. The summed E-state index contributed by atoms with van der Waals surface area (Å²) in [5, 5.41) is 0.503. The summed E-state index contributed by atoms with van der Waals surface area (Å²) in [6.07, 6.45) is 2.44. The van der Waals surface area contributed by atoms with Gasteiger partial charge in [0.25, 0.3) is 5.56 Å². The zero-order chi connectivity index (χ0) is 19.2. The molecule has 0 aliphatic carbocycles. The summed E-state index contributed by atoms with van der Waals surface area (Å²) in [5.41, 5.74) is 0.430. The summed E-state index contributed by atoms with van der Waals surface area (Å²) in [4.78, 5) is 28.8. The number of nitrogens with zero attached hydrogens (tertiary/aromatic N) is 2. The van der Waals surface area contributed by atoms with Crippen LogP contribution in [-0.2, 0) is 11.3 Å². The van der Waals surface area contributed by atoms with Gasteiger partial charge >= 0.3 is 5.97 Å². The fraction of sp³-hybridized carbons (Fsp3) is 0.250. The van der Waals surface area contributed by atoms with Crippen molar-refractivity contribution >= 4 is 32.8 Å². The Morgan fingerprint density at radius 2 is 1.89 bits per heavy atom. The summed E-state index contributed by atoms with van der Waals surface area (Å²) in [6.45, 7) is 2.88. The van der Waals surface area contributed by atoms with Gasteiger partial charge in [-0.3, -0.25) is 14.2 Å². The van der Waals surface area contributed by atoms with Crippen molar-refractivity contribution < 1.29 is 14.3 Å². The number of carbonyl (C=O) groups excluding carboxylic acids is 1. The van der Waals surface area contributed by atoms with Crippen LogP contribution in [0.5, 0.6) is 11.5 Å². The molecule has 0 saturated carbocycles. The molecule has 3 rings (SSSR count). The molecule has 1 aromatic heterocycles. The summed E-state index contributed by atoms with van der Waals surface area (Å²) in [6, 6.07) is 12.2. The molecule has 0 amide bonds. The van der Waals surface area contributed by atoms with Gasteiger partial charge in [-0.15, -0.1) is 0 Å². The van der Waals surface area contributed by atoms with Crippen molar-refractivity contribution in [3.05, 3.63) is 63.6 Å². The molecule has 0 saturated heterocycles. The van der Waals surface area contributed by atoms with E-state index in [1.54, 1.807) is 36.4 Å². The molecule has 140 valence electrons. The molecule has 0 radical (unpaired) electrons. The van der Waals surface area contributed by atoms with Gasteiger partial charge in [-0.05, 0) is 48.9 Å². The normalized spacial score (nSPS) is 10.7. The third-order valence-corrected chi connectivity index (χ3v) is 4.36. The number of benzene rings is 2. The topological polar surface area (TPSA) is 70.4 Å². The highest BCUT2D eigenvalue weighted by atomic mass is 79.9. The van der Waals surface area contributed by atoms with E-state index in [4.69, 9.17) is 9.47 Å². The van der Waals surface area contributed by atoms with Gasteiger partial charge in [0.2, 0.25) is 0 Å². The lowest BCUT2D eigenvalue weighted by Gasteiger charge is -2.08. The van der Waals surface area contributed by atoms with E-state index in [1.807, 2.05) is 13.0 Å². The third kappa shape index (κ3) is 4.95. The predicted molar refractivity (Wildman–Crippen MR) is 106 cm³/mol. The number of aryl methyl sites for hydroxylation is 1. The second-order valence-corrected chi connectivity index (χ2v) is 6.86. The first-order valence-electron chi connectivity index (χ1n) is 8.65. The third-order valence-electron chi connectivity index (χ3n) is 3.87. The molecule has 0 bridgehead atoms. The lowest BCUT2D eigenvalue weighted by atomic mass is 10.2. The first-order valence-corrected chi connectivity index (χ1v) is 9.44. The van der Waals surface area contributed by atoms with Crippen LogP contribution >= 0.6 is 15.9 Å². The molecule has 0 atom stereocenters. The van der Waals surface area contributed by atoms with Crippen molar-refractivity contribution in [2.75, 3.05) is 6.61 Å². The van der Waals surface area contributed by atoms with Gasteiger partial charge in [-0.25, -0.2) is 4.98 Å². The second-order valence-electron chi connectivity index (χ2n) is 5.95. The zero-order valence-electron chi connectivity index (χ0n) is 14.9. The number of hydrogen-bond acceptors (Lipinski definition) is 5. The molecule has 7 heteroatoms. The number of aromatic nitrogens is 2. The maximum absolute atomic E-state index is 12.5. The molecule has 6 nitrogen and oxygen atoms in total. The quantitative estimate of drug-likeness (QED) is 0.419. The molecule has 0 aliphatic heterocycles. The summed E-state index contributed by atoms with van der Waals surface area (Å²) in [5.74, 6) is 0.756. The molecule has 2 aromatic carbocycles. The van der Waals surface area contributed by atoms with Gasteiger partial charge in [0.1, 0.15) is 11.5 Å². The molecule has 0 aliphatic rings. The van der Waals surface area contributed by atoms with Crippen LogP contribution in [0.3, 0.4) is 0 Å². The van der Waals surface area contributed by atoms with Crippen LogP contribution in [0.15, 0.2) is 58.1 Å². The predicted octanol–water partition coefficient (Wildman–Crippen LogP) is 3.94. The highest BCUT2D eigenvalue weighted by Crippen LogP contribution is 2.18. The average Bonchev–Trinajstić information content (AvgIpc) is 2.67. The SMILES string of the molecule is CCCOc1ccc(OC(=O)CCn2cnc3ccc(Br)cc3c2=O)cc1. The Balaban J connectivity index is 1.61. The van der Waals surface area contributed by atoms with E-state index in [0.717, 1.165) is 16.6 Å². The molecule has 0 spiro atoms. The molecular weight excluding hydrogens is 412 g/mol. The molecule has 3 aromatic rings. The van der Waals surface area contributed by atoms with E-state index in [1.165, 1.54) is 10.9 Å². The minimum Gasteiger partial charge on any atom is -0.494 e. The molecule has 0 fully saturated rings. The van der Waals surface area contributed by atoms with Crippen molar-refractivity contribution in [3.8, 4) is 11.5 Å². The van der Waals surface area contributed by atoms with Gasteiger partial charge in [-0.1, -0.05) is 22.9 Å². The average molecular weight is 431 g/mol. The number of hydrogen-bond donors (Lipinski definition) is 0. The Labute approximate surface area is 164 Å². The monoisotopic (exact) mass is 430 g/mol. The lowest BCUT2D eigenvalue weighted by Crippen LogP contribution is -2.23. The molecule has 0 unspecified atom stereocenters. The second kappa shape index (κ2) is 8.81. The van der Waals surface area contributed by atoms with E-state index >= 15 is 0 Å². The maximum Gasteiger partial charge on any atom is 0.312 e. The van der Waals surface area contributed by atoms with Crippen molar-refractivity contribution in [2.45, 2.75) is 26.3 Å². The van der Waals surface area contributed by atoms with Gasteiger partial charge < -0.3 is 9.47 Å². The number of esters is 1. The van der Waals surface area contributed by atoms with Crippen LogP contribution in [-0.4, -0.2) is 22.1 Å². The van der Waals surface area contributed by atoms with Crippen LogP contribution in [0.1, 0.15) is 19.8 Å². The number of ether oxygens (including phenoxy) is 2. The molecule has 27 heavy (non-hydrogen) atoms. The standard InChI is InChI=1S/C20H19BrN2O4/c1-2-11-26-15-4-6-16(7-5-15)27-19(24)9-10-23-13-22-18-8-3-14(21)12-17(18)20(23)25/h3-8,12-13H,2,9-11H2,1H3. The highest BCUT2D eigenvalue weighted by Gasteiger charge is 2.09. The molecular formula is C20H19BrN2O4. The fourth-order valence-corrected chi connectivity index (χ4v) is 2.87. The van der Waals surface area contributed by atoms with Crippen LogP contribution in [0.4, 0.5) is 0 Å². The highest BCUT2D eigenvalue weighted by molar-refractivity contribution is 9.10. The van der Waals surface area contributed by atoms with Crippen LogP contribution in [0.25, 0.3) is 10.9 Å². The Morgan fingerprint density at radius 1 is 1.15 bits per heavy atom. The van der Waals surface area contributed by atoms with Crippen LogP contribution < -0.4 is 15.0 Å². The zero-order valence-corrected chi connectivity index (χ0v) is 16.4. The van der Waals surface area contributed by atoms with Crippen molar-refractivity contribution in [1.29, 1.82) is 0 Å². The molecule has 1 heterocycles. The van der Waals surface area contributed by atoms with Gasteiger partial charge in [0.05, 0.1) is 30.3 Å². The van der Waals surface area contributed by atoms with Crippen LogP contribution in [0.2, 0.25) is 0 Å². The van der Waals surface area contributed by atoms with Gasteiger partial charge in [-0.2, -0.15) is 0 Å². The van der Waals surface area contributed by atoms with Crippen molar-refractivity contribution in [3.63, 3.8) is 0 Å². The number of rotatable bonds is 7. The van der Waals surface area contributed by atoms with E-state index in [9.17, 15) is 9.59 Å². The minimum absolute atomic E-state index is 0.0647. The Hall–Kier alpha value is -2.67. The van der Waals surface area contributed by atoms with Gasteiger partial charge in [0, 0.05) is 11.0 Å². The lowest BCUT2D eigenvalue weighted by molar-refractivity contribution is -0.134. The number of fused-ring (bicyclic) bond motifs is 1. The summed E-state index contributed by atoms with van der Waals surface area (Å²) >= 11 is 3.35. The first kappa shape index (κ1) is 19.1. The fourth-order valence-electron chi connectivity index (χ4n) is 2.51. The van der Waals surface area contributed by atoms with Gasteiger partial charge in [0.15, 0.2) is 0 Å². The summed E-state index contributed by atoms with van der Waals surface area (Å²) in [7, 11) is 0. The van der Waals surface area contributed by atoms with E-state index in [2.05, 4.69) is 20.9 Å². The van der Waals surface area contributed by atoms with Crippen LogP contribution in [0, 0.1) is 0 Å². The van der Waals surface area contributed by atoms with E-state index in [-0.39, 0.29) is 18.5 Å². The summed E-state index contributed by atoms with van der Waals surface area (Å²) < 4.78 is 13.0. The van der Waals surface area contributed by atoms with E-state index < -0.39 is 5.97 Å². The largest absolute Gasteiger partial charge is 0.494 e. The number of carbonyl (C=O) groups is 1. The Bertz CT molecular complexity index is 999. The Morgan fingerprint density at radius 3 is 2.63 bits per heavy atom. The molecule has 0 N–H and O–H groups in total.